The smallest absolute Gasteiger partial charge is 0.285 e. The fraction of sp³-hybridized carbons (Fsp3) is 0.154. The summed E-state index contributed by atoms with van der Waals surface area (Å²) < 4.78 is 10.5. The molecule has 2 aromatic rings. The number of aromatic amines is 1. The molecule has 0 unspecified atom stereocenters. The Morgan fingerprint density at radius 3 is 2.90 bits per heavy atom. The van der Waals surface area contributed by atoms with Crippen LogP contribution in [0.2, 0.25) is 5.02 Å². The average Bonchev–Trinajstić information content (AvgIpc) is 2.51. The van der Waals surface area contributed by atoms with Crippen LogP contribution in [-0.2, 0) is 0 Å². The lowest BCUT2D eigenvalue weighted by Crippen LogP contribution is -2.10. The Balaban J connectivity index is 2.22. The number of ether oxygens (including phenoxy) is 2. The molecule has 1 aromatic carbocycles. The predicted octanol–water partition coefficient (Wildman–Crippen LogP) is 1.89. The van der Waals surface area contributed by atoms with E-state index in [-0.39, 0.29) is 5.02 Å². The number of H-pyrrole nitrogens is 1. The highest BCUT2D eigenvalue weighted by Gasteiger charge is 2.07. The van der Waals surface area contributed by atoms with Crippen LogP contribution in [0.15, 0.2) is 34.3 Å². The number of halogens is 1. The van der Waals surface area contributed by atoms with Gasteiger partial charge in [-0.1, -0.05) is 17.7 Å². The lowest BCUT2D eigenvalue weighted by atomic mass is 10.2. The number of anilines is 1. The van der Waals surface area contributed by atoms with Crippen molar-refractivity contribution in [1.82, 2.24) is 10.2 Å². The van der Waals surface area contributed by atoms with Crippen LogP contribution in [0.5, 0.6) is 11.5 Å². The minimum atomic E-state index is -0.490. The molecule has 0 saturated carbocycles. The maximum Gasteiger partial charge on any atom is 0.285 e. The fourth-order valence-electron chi connectivity index (χ4n) is 1.65. The lowest BCUT2D eigenvalue weighted by Gasteiger charge is -2.09. The number of para-hydroxylation sites is 1. The van der Waals surface area contributed by atoms with Crippen LogP contribution in [-0.4, -0.2) is 30.6 Å². The SMILES string of the molecule is COc1cccc(/C=N/Nc2cn[nH]c(=O)c2Cl)c1OC. The normalized spacial score (nSPS) is 10.6. The van der Waals surface area contributed by atoms with Gasteiger partial charge in [0.25, 0.3) is 5.56 Å². The van der Waals surface area contributed by atoms with Crippen molar-refractivity contribution >= 4 is 23.5 Å². The molecule has 0 spiro atoms. The number of hydrogen-bond acceptors (Lipinski definition) is 6. The van der Waals surface area contributed by atoms with Gasteiger partial charge in [0.1, 0.15) is 10.7 Å². The third-order valence-corrected chi connectivity index (χ3v) is 2.99. The molecule has 0 aliphatic rings. The standard InChI is InChI=1S/C13H13ClN4O3/c1-20-10-5-3-4-8(12(10)21-2)6-15-17-9-7-16-18-13(19)11(9)14/h3-7H,1-2H3,(H2,17,18,19)/b15-6+. The van der Waals surface area contributed by atoms with E-state index < -0.39 is 5.56 Å². The van der Waals surface area contributed by atoms with E-state index in [4.69, 9.17) is 21.1 Å². The van der Waals surface area contributed by atoms with E-state index in [0.29, 0.717) is 22.7 Å². The van der Waals surface area contributed by atoms with Gasteiger partial charge in [0.15, 0.2) is 11.5 Å². The molecule has 0 saturated heterocycles. The summed E-state index contributed by atoms with van der Waals surface area (Å²) in [5.74, 6) is 1.15. The molecule has 2 rings (SSSR count). The number of rotatable bonds is 5. The van der Waals surface area contributed by atoms with Gasteiger partial charge in [-0.2, -0.15) is 10.2 Å². The summed E-state index contributed by atoms with van der Waals surface area (Å²) in [5.41, 5.74) is 3.17. The van der Waals surface area contributed by atoms with Gasteiger partial charge in [-0.05, 0) is 12.1 Å². The highest BCUT2D eigenvalue weighted by molar-refractivity contribution is 6.32. The Kier molecular flexibility index (Phi) is 4.78. The van der Waals surface area contributed by atoms with Crippen molar-refractivity contribution in [3.05, 3.63) is 45.3 Å². The van der Waals surface area contributed by atoms with E-state index in [1.54, 1.807) is 20.3 Å². The van der Waals surface area contributed by atoms with Crippen molar-refractivity contribution in [3.63, 3.8) is 0 Å². The molecule has 21 heavy (non-hydrogen) atoms. The Morgan fingerprint density at radius 2 is 2.19 bits per heavy atom. The van der Waals surface area contributed by atoms with E-state index in [0.717, 1.165) is 0 Å². The van der Waals surface area contributed by atoms with Gasteiger partial charge in [0.2, 0.25) is 0 Å². The molecule has 2 N–H and O–H groups in total. The van der Waals surface area contributed by atoms with Crippen molar-refractivity contribution in [3.8, 4) is 11.5 Å². The van der Waals surface area contributed by atoms with E-state index in [9.17, 15) is 4.79 Å². The first-order chi connectivity index (χ1) is 10.2. The number of nitrogens with zero attached hydrogens (tertiary/aromatic N) is 2. The minimum Gasteiger partial charge on any atom is -0.493 e. The van der Waals surface area contributed by atoms with Crippen molar-refractivity contribution < 1.29 is 9.47 Å². The third-order valence-electron chi connectivity index (χ3n) is 2.62. The Labute approximate surface area is 125 Å². The topological polar surface area (TPSA) is 88.6 Å². The number of hydrazone groups is 1. The molecular weight excluding hydrogens is 296 g/mol. The summed E-state index contributed by atoms with van der Waals surface area (Å²) in [6.07, 6.45) is 2.89. The molecule has 0 atom stereocenters. The van der Waals surface area contributed by atoms with Crippen molar-refractivity contribution in [2.45, 2.75) is 0 Å². The lowest BCUT2D eigenvalue weighted by molar-refractivity contribution is 0.354. The zero-order chi connectivity index (χ0) is 15.2. The quantitative estimate of drug-likeness (QED) is 0.650. The van der Waals surface area contributed by atoms with Crippen LogP contribution >= 0.6 is 11.6 Å². The Hall–Kier alpha value is -2.54. The zero-order valence-electron chi connectivity index (χ0n) is 11.4. The summed E-state index contributed by atoms with van der Waals surface area (Å²) in [6, 6.07) is 5.40. The molecule has 1 heterocycles. The van der Waals surface area contributed by atoms with E-state index >= 15 is 0 Å². The first kappa shape index (κ1) is 14.9. The van der Waals surface area contributed by atoms with Crippen molar-refractivity contribution in [1.29, 1.82) is 0 Å². The average molecular weight is 309 g/mol. The second-order valence-corrected chi connectivity index (χ2v) is 4.26. The molecule has 0 aliphatic carbocycles. The molecule has 0 fully saturated rings. The second-order valence-electron chi connectivity index (χ2n) is 3.88. The van der Waals surface area contributed by atoms with Crippen LogP contribution in [0.3, 0.4) is 0 Å². The van der Waals surface area contributed by atoms with E-state index in [1.165, 1.54) is 12.4 Å². The summed E-state index contributed by atoms with van der Waals surface area (Å²) in [4.78, 5) is 11.3. The van der Waals surface area contributed by atoms with Gasteiger partial charge in [-0.25, -0.2) is 5.10 Å². The van der Waals surface area contributed by atoms with Crippen LogP contribution in [0, 0.1) is 0 Å². The minimum absolute atomic E-state index is 0.0141. The summed E-state index contributed by atoms with van der Waals surface area (Å²) >= 11 is 5.82. The Morgan fingerprint density at radius 1 is 1.38 bits per heavy atom. The maximum atomic E-state index is 11.3. The third kappa shape index (κ3) is 3.32. The van der Waals surface area contributed by atoms with Crippen LogP contribution in [0.4, 0.5) is 5.69 Å². The van der Waals surface area contributed by atoms with E-state index in [2.05, 4.69) is 20.7 Å². The van der Waals surface area contributed by atoms with Gasteiger partial charge in [0, 0.05) is 5.56 Å². The predicted molar refractivity (Wildman–Crippen MR) is 80.6 cm³/mol. The molecule has 0 bridgehead atoms. The molecule has 8 heteroatoms. The van der Waals surface area contributed by atoms with Gasteiger partial charge >= 0.3 is 0 Å². The van der Waals surface area contributed by atoms with Crippen LogP contribution in [0.25, 0.3) is 0 Å². The van der Waals surface area contributed by atoms with Gasteiger partial charge in [-0.3, -0.25) is 10.2 Å². The van der Waals surface area contributed by atoms with Gasteiger partial charge < -0.3 is 9.47 Å². The number of methoxy groups -OCH3 is 2. The summed E-state index contributed by atoms with van der Waals surface area (Å²) in [6.45, 7) is 0. The Bertz CT molecular complexity index is 715. The van der Waals surface area contributed by atoms with Crippen LogP contribution in [0.1, 0.15) is 5.56 Å². The van der Waals surface area contributed by atoms with E-state index in [1.807, 2.05) is 12.1 Å². The van der Waals surface area contributed by atoms with Gasteiger partial charge in [0.05, 0.1) is 26.6 Å². The second kappa shape index (κ2) is 6.76. The van der Waals surface area contributed by atoms with Gasteiger partial charge in [-0.15, -0.1) is 0 Å². The first-order valence-electron chi connectivity index (χ1n) is 5.90. The number of aromatic nitrogens is 2. The molecule has 0 aliphatic heterocycles. The maximum absolute atomic E-state index is 11.3. The largest absolute Gasteiger partial charge is 0.493 e. The van der Waals surface area contributed by atoms with Crippen molar-refractivity contribution in [2.24, 2.45) is 5.10 Å². The highest BCUT2D eigenvalue weighted by Crippen LogP contribution is 2.29. The monoisotopic (exact) mass is 308 g/mol. The zero-order valence-corrected chi connectivity index (χ0v) is 12.1. The fourth-order valence-corrected chi connectivity index (χ4v) is 1.78. The first-order valence-corrected chi connectivity index (χ1v) is 6.28. The molecule has 1 aromatic heterocycles. The van der Waals surface area contributed by atoms with Crippen molar-refractivity contribution in [2.75, 3.05) is 19.6 Å². The molecular formula is C13H13ClN4O3. The number of nitrogens with one attached hydrogen (secondary N) is 2. The number of hydrogen-bond donors (Lipinski definition) is 2. The van der Waals surface area contributed by atoms with Crippen LogP contribution < -0.4 is 20.5 Å². The highest BCUT2D eigenvalue weighted by atomic mass is 35.5. The molecule has 0 amide bonds. The molecule has 0 radical (unpaired) electrons. The molecule has 110 valence electrons. The summed E-state index contributed by atoms with van der Waals surface area (Å²) in [5, 5.41) is 9.84. The number of benzene rings is 1. The molecule has 7 nitrogen and oxygen atoms in total. The summed E-state index contributed by atoms with van der Waals surface area (Å²) in [7, 11) is 3.10.